The van der Waals surface area contributed by atoms with Crippen molar-refractivity contribution in [3.63, 3.8) is 0 Å². The number of aromatic nitrogens is 1. The van der Waals surface area contributed by atoms with Gasteiger partial charge in [-0.3, -0.25) is 4.79 Å². The molecule has 0 radical (unpaired) electrons. The lowest BCUT2D eigenvalue weighted by molar-refractivity contribution is -0.139. The molecule has 1 aromatic heterocycles. The summed E-state index contributed by atoms with van der Waals surface area (Å²) in [6.45, 7) is 5.25. The Morgan fingerprint density at radius 2 is 1.86 bits per heavy atom. The third-order valence-electron chi connectivity index (χ3n) is 5.82. The number of benzene rings is 3. The molecule has 1 unspecified atom stereocenters. The van der Waals surface area contributed by atoms with Crippen LogP contribution < -0.4 is 14.8 Å². The second kappa shape index (κ2) is 11.4. The molecule has 0 saturated heterocycles. The summed E-state index contributed by atoms with van der Waals surface area (Å²) in [5, 5.41) is 14.1. The Bertz CT molecular complexity index is 1300. The molecule has 0 aliphatic heterocycles. The first-order valence-corrected chi connectivity index (χ1v) is 12.4. The standard InChI is InChI=1S/C28H29BrN2O4/c1-3-34-26-13-20(12-23(29)27(26)35-17-19-10-8-18(2)9-11-19)15-30-25(28(32)33)14-21-16-31-24-7-5-4-6-22(21)24/h4-13,16,25,30-31H,3,14-15,17H2,1-2H3,(H,32,33). The molecular formula is C28H29BrN2O4. The van der Waals surface area contributed by atoms with Gasteiger partial charge in [-0.25, -0.2) is 0 Å². The van der Waals surface area contributed by atoms with E-state index in [1.807, 2.05) is 61.7 Å². The van der Waals surface area contributed by atoms with Crippen LogP contribution in [-0.2, 0) is 24.4 Å². The van der Waals surface area contributed by atoms with Crippen LogP contribution in [0.3, 0.4) is 0 Å². The Hall–Kier alpha value is -3.29. The number of H-pyrrole nitrogens is 1. The van der Waals surface area contributed by atoms with Gasteiger partial charge in [0, 0.05) is 30.1 Å². The number of carbonyl (C=O) groups is 1. The first-order chi connectivity index (χ1) is 16.9. The van der Waals surface area contributed by atoms with Crippen molar-refractivity contribution in [3.05, 3.63) is 93.6 Å². The number of carboxylic acid groups (broad SMARTS) is 1. The Labute approximate surface area is 213 Å². The molecule has 0 aliphatic carbocycles. The zero-order valence-corrected chi connectivity index (χ0v) is 21.4. The molecule has 3 aromatic carbocycles. The molecule has 0 amide bonds. The number of aryl methyl sites for hydroxylation is 1. The van der Waals surface area contributed by atoms with Crippen molar-refractivity contribution in [1.82, 2.24) is 10.3 Å². The van der Waals surface area contributed by atoms with Crippen molar-refractivity contribution in [2.24, 2.45) is 0 Å². The summed E-state index contributed by atoms with van der Waals surface area (Å²) >= 11 is 3.61. The van der Waals surface area contributed by atoms with Crippen molar-refractivity contribution in [3.8, 4) is 11.5 Å². The lowest BCUT2D eigenvalue weighted by atomic mass is 10.0. The molecule has 4 aromatic rings. The predicted molar refractivity (Wildman–Crippen MR) is 141 cm³/mol. The van der Waals surface area contributed by atoms with Gasteiger partial charge >= 0.3 is 5.97 Å². The van der Waals surface area contributed by atoms with Crippen LogP contribution in [0, 0.1) is 6.92 Å². The fourth-order valence-corrected chi connectivity index (χ4v) is 4.58. The molecule has 7 heteroatoms. The highest BCUT2D eigenvalue weighted by Crippen LogP contribution is 2.37. The van der Waals surface area contributed by atoms with Crippen molar-refractivity contribution in [1.29, 1.82) is 0 Å². The van der Waals surface area contributed by atoms with E-state index < -0.39 is 12.0 Å². The number of nitrogens with one attached hydrogen (secondary N) is 2. The molecule has 4 rings (SSSR count). The predicted octanol–water partition coefficient (Wildman–Crippen LogP) is 6.00. The largest absolute Gasteiger partial charge is 0.490 e. The van der Waals surface area contributed by atoms with Crippen LogP contribution in [0.5, 0.6) is 11.5 Å². The maximum absolute atomic E-state index is 12.0. The van der Waals surface area contributed by atoms with E-state index in [1.54, 1.807) is 0 Å². The van der Waals surface area contributed by atoms with E-state index in [1.165, 1.54) is 5.56 Å². The summed E-state index contributed by atoms with van der Waals surface area (Å²) in [5.41, 5.74) is 5.13. The SMILES string of the molecule is CCOc1cc(CNC(Cc2c[nH]c3ccccc23)C(=O)O)cc(Br)c1OCc1ccc(C)cc1. The molecule has 1 heterocycles. The van der Waals surface area contributed by atoms with Crippen molar-refractivity contribution in [2.75, 3.05) is 6.61 Å². The van der Waals surface area contributed by atoms with Crippen LogP contribution in [-0.4, -0.2) is 28.7 Å². The van der Waals surface area contributed by atoms with Gasteiger partial charge in [-0.1, -0.05) is 48.0 Å². The third-order valence-corrected chi connectivity index (χ3v) is 6.41. The lowest BCUT2D eigenvalue weighted by Crippen LogP contribution is -2.38. The highest BCUT2D eigenvalue weighted by atomic mass is 79.9. The number of aliphatic carboxylic acids is 1. The van der Waals surface area contributed by atoms with Crippen LogP contribution in [0.15, 0.2) is 71.3 Å². The smallest absolute Gasteiger partial charge is 0.321 e. The molecule has 182 valence electrons. The first-order valence-electron chi connectivity index (χ1n) is 11.6. The van der Waals surface area contributed by atoms with Crippen LogP contribution in [0.2, 0.25) is 0 Å². The Morgan fingerprint density at radius 1 is 1.09 bits per heavy atom. The van der Waals surface area contributed by atoms with Gasteiger partial charge in [0.25, 0.3) is 0 Å². The first kappa shape index (κ1) is 24.8. The Kier molecular flexibility index (Phi) is 8.10. The number of para-hydroxylation sites is 1. The minimum Gasteiger partial charge on any atom is -0.490 e. The molecule has 0 bridgehead atoms. The van der Waals surface area contributed by atoms with Crippen molar-refractivity contribution >= 4 is 32.8 Å². The monoisotopic (exact) mass is 536 g/mol. The van der Waals surface area contributed by atoms with Gasteiger partial charge in [-0.05, 0) is 64.7 Å². The summed E-state index contributed by atoms with van der Waals surface area (Å²) in [5.74, 6) is 0.358. The quantitative estimate of drug-likeness (QED) is 0.219. The van der Waals surface area contributed by atoms with E-state index in [9.17, 15) is 9.90 Å². The Morgan fingerprint density at radius 3 is 2.60 bits per heavy atom. The Balaban J connectivity index is 1.47. The zero-order chi connectivity index (χ0) is 24.8. The fraction of sp³-hybridized carbons (Fsp3) is 0.250. The number of aromatic amines is 1. The maximum Gasteiger partial charge on any atom is 0.321 e. The number of carboxylic acids is 1. The summed E-state index contributed by atoms with van der Waals surface area (Å²) in [6, 6.07) is 19.2. The molecule has 0 saturated carbocycles. The van der Waals surface area contributed by atoms with Crippen molar-refractivity contribution < 1.29 is 19.4 Å². The fourth-order valence-electron chi connectivity index (χ4n) is 3.97. The summed E-state index contributed by atoms with van der Waals surface area (Å²) in [6.07, 6.45) is 2.25. The molecule has 0 spiro atoms. The number of hydrogen-bond acceptors (Lipinski definition) is 4. The molecule has 0 aliphatic rings. The van der Waals surface area contributed by atoms with Gasteiger partial charge < -0.3 is 24.9 Å². The van der Waals surface area contributed by atoms with Gasteiger partial charge in [0.05, 0.1) is 11.1 Å². The topological polar surface area (TPSA) is 83.6 Å². The van der Waals surface area contributed by atoms with Crippen LogP contribution in [0.1, 0.15) is 29.2 Å². The van der Waals surface area contributed by atoms with Crippen LogP contribution >= 0.6 is 15.9 Å². The van der Waals surface area contributed by atoms with E-state index in [0.29, 0.717) is 37.7 Å². The second-order valence-electron chi connectivity index (χ2n) is 8.45. The molecule has 0 fully saturated rings. The summed E-state index contributed by atoms with van der Waals surface area (Å²) < 4.78 is 12.7. The van der Waals surface area contributed by atoms with E-state index in [4.69, 9.17) is 9.47 Å². The summed E-state index contributed by atoms with van der Waals surface area (Å²) in [7, 11) is 0. The van der Waals surface area contributed by atoms with E-state index in [0.717, 1.165) is 32.1 Å². The lowest BCUT2D eigenvalue weighted by Gasteiger charge is -2.18. The normalized spacial score (nSPS) is 12.0. The second-order valence-corrected chi connectivity index (χ2v) is 9.30. The van der Waals surface area contributed by atoms with Gasteiger partial charge in [-0.2, -0.15) is 0 Å². The number of fused-ring (bicyclic) bond motifs is 1. The van der Waals surface area contributed by atoms with Gasteiger partial charge in [0.1, 0.15) is 12.6 Å². The molecule has 6 nitrogen and oxygen atoms in total. The maximum atomic E-state index is 12.0. The van der Waals surface area contributed by atoms with Crippen molar-refractivity contribution in [2.45, 2.75) is 39.5 Å². The molecule has 35 heavy (non-hydrogen) atoms. The number of ether oxygens (including phenoxy) is 2. The molecular weight excluding hydrogens is 508 g/mol. The minimum atomic E-state index is -0.891. The minimum absolute atomic E-state index is 0.371. The molecule has 1 atom stereocenters. The average molecular weight is 537 g/mol. The number of halogens is 1. The average Bonchev–Trinajstić information content (AvgIpc) is 3.25. The van der Waals surface area contributed by atoms with E-state index in [-0.39, 0.29) is 0 Å². The van der Waals surface area contributed by atoms with E-state index in [2.05, 4.69) is 45.3 Å². The van der Waals surface area contributed by atoms with Gasteiger partial charge in [-0.15, -0.1) is 0 Å². The van der Waals surface area contributed by atoms with Crippen LogP contribution in [0.4, 0.5) is 0 Å². The number of rotatable bonds is 11. The highest BCUT2D eigenvalue weighted by Gasteiger charge is 2.20. The zero-order valence-electron chi connectivity index (χ0n) is 19.8. The van der Waals surface area contributed by atoms with Gasteiger partial charge in [0.15, 0.2) is 11.5 Å². The highest BCUT2D eigenvalue weighted by molar-refractivity contribution is 9.10. The van der Waals surface area contributed by atoms with Gasteiger partial charge in [0.2, 0.25) is 0 Å². The molecule has 3 N–H and O–H groups in total. The third kappa shape index (κ3) is 6.24. The van der Waals surface area contributed by atoms with E-state index >= 15 is 0 Å². The number of hydrogen-bond donors (Lipinski definition) is 3. The summed E-state index contributed by atoms with van der Waals surface area (Å²) in [4.78, 5) is 15.2. The van der Waals surface area contributed by atoms with Crippen LogP contribution in [0.25, 0.3) is 10.9 Å².